The summed E-state index contributed by atoms with van der Waals surface area (Å²) in [5.74, 6) is 0.638. The number of nitrogens with zero attached hydrogens (tertiary/aromatic N) is 1. The van der Waals surface area contributed by atoms with Gasteiger partial charge in [-0.15, -0.1) is 0 Å². The van der Waals surface area contributed by atoms with Crippen LogP contribution in [0.25, 0.3) is 0 Å². The van der Waals surface area contributed by atoms with Gasteiger partial charge in [0.1, 0.15) is 6.23 Å². The first-order valence-electron chi connectivity index (χ1n) is 3.82. The van der Waals surface area contributed by atoms with E-state index >= 15 is 0 Å². The molecule has 0 fully saturated rings. The average molecular weight is 170 g/mol. The lowest BCUT2D eigenvalue weighted by molar-refractivity contribution is 0.0907. The van der Waals surface area contributed by atoms with Crippen molar-refractivity contribution in [3.63, 3.8) is 0 Å². The fourth-order valence-corrected chi connectivity index (χ4v) is 1.00. The molecule has 0 aromatic heterocycles. The third kappa shape index (κ3) is 2.23. The summed E-state index contributed by atoms with van der Waals surface area (Å²) in [4.78, 5) is 4.17. The minimum absolute atomic E-state index is 0.0473. The van der Waals surface area contributed by atoms with Gasteiger partial charge in [0.25, 0.3) is 0 Å². The van der Waals surface area contributed by atoms with Gasteiger partial charge in [-0.3, -0.25) is 0 Å². The summed E-state index contributed by atoms with van der Waals surface area (Å²) >= 11 is 0. The molecule has 1 unspecified atom stereocenters. The molecule has 1 atom stereocenters. The van der Waals surface area contributed by atoms with Crippen molar-refractivity contribution in [2.45, 2.75) is 13.2 Å². The van der Waals surface area contributed by atoms with Crippen molar-refractivity contribution < 1.29 is 9.47 Å². The Labute approximate surface area is 72.3 Å². The van der Waals surface area contributed by atoms with Crippen molar-refractivity contribution in [3.8, 4) is 0 Å². The van der Waals surface area contributed by atoms with Gasteiger partial charge in [-0.25, -0.2) is 4.99 Å². The molecule has 0 aromatic carbocycles. The molecule has 1 heterocycles. The van der Waals surface area contributed by atoms with Crippen molar-refractivity contribution in [1.82, 2.24) is 5.32 Å². The Morgan fingerprint density at radius 3 is 2.92 bits per heavy atom. The van der Waals surface area contributed by atoms with Gasteiger partial charge in [0.2, 0.25) is 5.90 Å². The van der Waals surface area contributed by atoms with Gasteiger partial charge >= 0.3 is 0 Å². The SMILES string of the molecule is COC1=NCC(OC)NC(C)=C1. The van der Waals surface area contributed by atoms with Crippen LogP contribution in [0.5, 0.6) is 0 Å². The number of hydrogen-bond acceptors (Lipinski definition) is 4. The first-order valence-corrected chi connectivity index (χ1v) is 3.82. The van der Waals surface area contributed by atoms with Crippen LogP contribution in [0, 0.1) is 0 Å². The van der Waals surface area contributed by atoms with E-state index in [1.807, 2.05) is 13.0 Å². The van der Waals surface area contributed by atoms with Gasteiger partial charge in [0.05, 0.1) is 13.7 Å². The van der Waals surface area contributed by atoms with E-state index in [1.165, 1.54) is 0 Å². The number of aliphatic imine (C=N–C) groups is 1. The highest BCUT2D eigenvalue weighted by atomic mass is 16.5. The molecule has 0 saturated heterocycles. The highest BCUT2D eigenvalue weighted by Crippen LogP contribution is 2.00. The molecule has 1 N–H and O–H groups in total. The van der Waals surface area contributed by atoms with Crippen LogP contribution in [0.15, 0.2) is 16.8 Å². The van der Waals surface area contributed by atoms with Crippen LogP contribution in [0.2, 0.25) is 0 Å². The maximum Gasteiger partial charge on any atom is 0.210 e. The smallest absolute Gasteiger partial charge is 0.210 e. The number of allylic oxidation sites excluding steroid dienone is 1. The number of nitrogens with one attached hydrogen (secondary N) is 1. The fraction of sp³-hybridized carbons (Fsp3) is 0.625. The normalized spacial score (nSPS) is 23.4. The summed E-state index contributed by atoms with van der Waals surface area (Å²) in [6.07, 6.45) is 1.80. The zero-order valence-electron chi connectivity index (χ0n) is 7.63. The van der Waals surface area contributed by atoms with Gasteiger partial charge in [0, 0.05) is 18.9 Å². The Kier molecular flexibility index (Phi) is 3.10. The van der Waals surface area contributed by atoms with E-state index in [4.69, 9.17) is 9.47 Å². The zero-order valence-corrected chi connectivity index (χ0v) is 7.63. The predicted octanol–water partition coefficient (Wildman–Crippen LogP) is 0.511. The molecule has 1 rings (SSSR count). The van der Waals surface area contributed by atoms with Crippen molar-refractivity contribution >= 4 is 5.90 Å². The Balaban J connectivity index is 2.68. The summed E-state index contributed by atoms with van der Waals surface area (Å²) in [5.41, 5.74) is 1.000. The van der Waals surface area contributed by atoms with Gasteiger partial charge in [-0.1, -0.05) is 0 Å². The lowest BCUT2D eigenvalue weighted by Gasteiger charge is -2.13. The Hall–Kier alpha value is -1.03. The second-order valence-corrected chi connectivity index (χ2v) is 2.58. The molecule has 1 aliphatic heterocycles. The Morgan fingerprint density at radius 2 is 2.33 bits per heavy atom. The molecule has 1 aliphatic rings. The molecule has 0 bridgehead atoms. The molecule has 12 heavy (non-hydrogen) atoms. The molecule has 0 amide bonds. The van der Waals surface area contributed by atoms with Crippen molar-refractivity contribution in [1.29, 1.82) is 0 Å². The van der Waals surface area contributed by atoms with E-state index in [1.54, 1.807) is 14.2 Å². The van der Waals surface area contributed by atoms with E-state index in [0.717, 1.165) is 5.70 Å². The highest BCUT2D eigenvalue weighted by Gasteiger charge is 2.10. The number of ether oxygens (including phenoxy) is 2. The zero-order chi connectivity index (χ0) is 8.97. The highest BCUT2D eigenvalue weighted by molar-refractivity contribution is 5.88. The molecular formula is C8H14N2O2. The predicted molar refractivity (Wildman–Crippen MR) is 47.0 cm³/mol. The molecule has 0 spiro atoms. The van der Waals surface area contributed by atoms with Crippen LogP contribution in [0.4, 0.5) is 0 Å². The molecule has 4 nitrogen and oxygen atoms in total. The standard InChI is InChI=1S/C8H14N2O2/c1-6-4-7(11-2)9-5-8(10-6)12-3/h4,8,10H,5H2,1-3H3. The first kappa shape index (κ1) is 9.06. The number of rotatable bonds is 1. The van der Waals surface area contributed by atoms with Gasteiger partial charge in [-0.2, -0.15) is 0 Å². The van der Waals surface area contributed by atoms with Gasteiger partial charge in [0.15, 0.2) is 0 Å². The summed E-state index contributed by atoms with van der Waals surface area (Å²) in [7, 11) is 3.26. The largest absolute Gasteiger partial charge is 0.481 e. The van der Waals surface area contributed by atoms with Crippen molar-refractivity contribution in [2.24, 2.45) is 4.99 Å². The molecule has 68 valence electrons. The maximum atomic E-state index is 5.12. The molecule has 0 radical (unpaired) electrons. The second-order valence-electron chi connectivity index (χ2n) is 2.58. The first-order chi connectivity index (χ1) is 5.76. The van der Waals surface area contributed by atoms with E-state index < -0.39 is 0 Å². The average Bonchev–Trinajstić information content (AvgIpc) is 2.26. The Bertz CT molecular complexity index is 211. The lowest BCUT2D eigenvalue weighted by Crippen LogP contribution is -2.31. The van der Waals surface area contributed by atoms with Crippen LogP contribution in [0.3, 0.4) is 0 Å². The summed E-state index contributed by atoms with van der Waals surface area (Å²) in [6, 6.07) is 0. The van der Waals surface area contributed by atoms with Crippen LogP contribution in [-0.4, -0.2) is 32.9 Å². The maximum absolute atomic E-state index is 5.12. The summed E-state index contributed by atoms with van der Waals surface area (Å²) in [6.45, 7) is 2.53. The molecule has 0 aromatic rings. The summed E-state index contributed by atoms with van der Waals surface area (Å²) < 4.78 is 10.1. The van der Waals surface area contributed by atoms with Crippen molar-refractivity contribution in [2.75, 3.05) is 20.8 Å². The number of methoxy groups -OCH3 is 2. The Morgan fingerprint density at radius 1 is 1.58 bits per heavy atom. The molecule has 0 aliphatic carbocycles. The van der Waals surface area contributed by atoms with E-state index in [-0.39, 0.29) is 6.23 Å². The van der Waals surface area contributed by atoms with Gasteiger partial charge in [-0.05, 0) is 6.92 Å². The third-order valence-electron chi connectivity index (χ3n) is 1.64. The van der Waals surface area contributed by atoms with Crippen LogP contribution in [-0.2, 0) is 9.47 Å². The van der Waals surface area contributed by atoms with Crippen molar-refractivity contribution in [3.05, 3.63) is 11.8 Å². The van der Waals surface area contributed by atoms with Crippen LogP contribution >= 0.6 is 0 Å². The monoisotopic (exact) mass is 170 g/mol. The lowest BCUT2D eigenvalue weighted by atomic mass is 10.4. The van der Waals surface area contributed by atoms with Crippen LogP contribution in [0.1, 0.15) is 6.92 Å². The quantitative estimate of drug-likeness (QED) is 0.623. The molecule has 4 heteroatoms. The third-order valence-corrected chi connectivity index (χ3v) is 1.64. The second kappa shape index (κ2) is 4.11. The minimum atomic E-state index is -0.0473. The minimum Gasteiger partial charge on any atom is -0.481 e. The topological polar surface area (TPSA) is 42.9 Å². The van der Waals surface area contributed by atoms with Crippen LogP contribution < -0.4 is 5.32 Å². The van der Waals surface area contributed by atoms with E-state index in [9.17, 15) is 0 Å². The fourth-order valence-electron chi connectivity index (χ4n) is 1.00. The molecule has 0 saturated carbocycles. The van der Waals surface area contributed by atoms with Gasteiger partial charge < -0.3 is 14.8 Å². The van der Waals surface area contributed by atoms with E-state index in [2.05, 4.69) is 10.3 Å². The van der Waals surface area contributed by atoms with E-state index in [0.29, 0.717) is 12.4 Å². The molecular weight excluding hydrogens is 156 g/mol. The summed E-state index contributed by atoms with van der Waals surface area (Å²) in [5, 5.41) is 3.14. The number of hydrogen-bond donors (Lipinski definition) is 1.